The van der Waals surface area contributed by atoms with Crippen LogP contribution in [0.15, 0.2) is 81.7 Å². The topological polar surface area (TPSA) is 40.6 Å². The summed E-state index contributed by atoms with van der Waals surface area (Å²) >= 11 is 7.21. The van der Waals surface area contributed by atoms with E-state index in [0.717, 1.165) is 92.1 Å². The fraction of sp³-hybridized carbons (Fsp3) is 0.520. The summed E-state index contributed by atoms with van der Waals surface area (Å²) in [4.78, 5) is 33.1. The molecule has 2 atom stereocenters. The van der Waals surface area contributed by atoms with Gasteiger partial charge in [0.25, 0.3) is 0 Å². The number of hydrogen-bond acceptors (Lipinski definition) is 2. The van der Waals surface area contributed by atoms with Crippen LogP contribution in [0.25, 0.3) is 10.8 Å². The van der Waals surface area contributed by atoms with Gasteiger partial charge in [0.1, 0.15) is 0 Å². The number of fused-ring (bicyclic) bond motifs is 5. The average Bonchev–Trinajstić information content (AvgIpc) is 3.66. The molecule has 6 rings (SSSR count). The normalized spacial score (nSPS) is 16.4. The molecular formula is C50H64Br2N2O2. The fourth-order valence-electron chi connectivity index (χ4n) is 9.19. The zero-order valence-electron chi connectivity index (χ0n) is 34.1. The molecule has 0 N–H and O–H groups in total. The highest BCUT2D eigenvalue weighted by Crippen LogP contribution is 2.53. The molecule has 4 nitrogen and oxygen atoms in total. The van der Waals surface area contributed by atoms with Crippen LogP contribution in [0, 0.1) is 0 Å². The minimum atomic E-state index is -0.173. The molecule has 0 bridgehead atoms. The van der Waals surface area contributed by atoms with Crippen molar-refractivity contribution in [3.8, 4) is 0 Å². The third kappa shape index (κ3) is 10.4. The minimum absolute atomic E-state index is 0.158. The largest absolute Gasteiger partial charge is 0.280 e. The van der Waals surface area contributed by atoms with E-state index in [1.165, 1.54) is 103 Å². The predicted molar refractivity (Wildman–Crippen MR) is 245 cm³/mol. The highest BCUT2D eigenvalue weighted by molar-refractivity contribution is 9.10. The van der Waals surface area contributed by atoms with Crippen LogP contribution < -0.4 is 9.80 Å². The number of carbonyl (C=O) groups excluding carboxylic acids is 2. The highest BCUT2D eigenvalue weighted by Gasteiger charge is 2.42. The summed E-state index contributed by atoms with van der Waals surface area (Å²) < 4.78 is 1.98. The lowest BCUT2D eigenvalue weighted by atomic mass is 9.89. The van der Waals surface area contributed by atoms with Crippen molar-refractivity contribution in [1.29, 1.82) is 0 Å². The zero-order valence-corrected chi connectivity index (χ0v) is 37.3. The number of unbranched alkanes of at least 4 members (excludes halogenated alkanes) is 18. The highest BCUT2D eigenvalue weighted by atomic mass is 79.9. The van der Waals surface area contributed by atoms with Gasteiger partial charge in [0.2, 0.25) is 11.8 Å². The summed E-state index contributed by atoms with van der Waals surface area (Å²) in [5, 5.41) is 2.08. The van der Waals surface area contributed by atoms with Crippen LogP contribution in [0.1, 0.15) is 178 Å². The van der Waals surface area contributed by atoms with Gasteiger partial charge < -0.3 is 0 Å². The van der Waals surface area contributed by atoms with Crippen molar-refractivity contribution in [2.24, 2.45) is 0 Å². The van der Waals surface area contributed by atoms with E-state index in [4.69, 9.17) is 0 Å². The molecule has 4 aromatic rings. The Bertz CT molecular complexity index is 1730. The van der Waals surface area contributed by atoms with Gasteiger partial charge in [-0.05, 0) is 72.5 Å². The molecule has 0 saturated carbocycles. The average molecular weight is 885 g/mol. The summed E-state index contributed by atoms with van der Waals surface area (Å²) in [7, 11) is 0. The molecule has 56 heavy (non-hydrogen) atoms. The Labute approximate surface area is 354 Å². The van der Waals surface area contributed by atoms with Crippen LogP contribution in [0.4, 0.5) is 22.7 Å². The Morgan fingerprint density at radius 1 is 0.411 bits per heavy atom. The lowest BCUT2D eigenvalue weighted by Gasteiger charge is -2.23. The summed E-state index contributed by atoms with van der Waals surface area (Å²) in [5.41, 5.74) is 5.97. The minimum Gasteiger partial charge on any atom is -0.280 e. The molecule has 0 spiro atoms. The molecule has 4 aromatic carbocycles. The standard InChI is InChI=1S/C50H64Br2N2O2/c1-3-5-7-9-11-13-15-17-19-21-23-45-43-35-33-42-41(47(43)53(49(45)55)39-29-25-37(51)26-30-39)34-36-44-46(24-22-20-18-16-14-12-10-8-6-4-2)50(56)54(48(42)44)40-31-27-38(52)28-32-40/h25-36,45-46H,3-24H2,1-2H3. The maximum Gasteiger partial charge on any atom is 0.239 e. The van der Waals surface area contributed by atoms with E-state index in [9.17, 15) is 9.59 Å². The van der Waals surface area contributed by atoms with Crippen molar-refractivity contribution in [2.45, 2.75) is 167 Å². The molecule has 300 valence electrons. The summed E-state index contributed by atoms with van der Waals surface area (Å²) in [6, 6.07) is 25.1. The Hall–Kier alpha value is -2.96. The van der Waals surface area contributed by atoms with Crippen LogP contribution in [0.3, 0.4) is 0 Å². The summed E-state index contributed by atoms with van der Waals surface area (Å²) in [6.45, 7) is 4.55. The first kappa shape index (κ1) is 42.6. The lowest BCUT2D eigenvalue weighted by Crippen LogP contribution is -2.24. The number of benzene rings is 4. The maximum absolute atomic E-state index is 14.6. The van der Waals surface area contributed by atoms with E-state index >= 15 is 0 Å². The number of nitrogens with zero attached hydrogens (tertiary/aromatic N) is 2. The number of amides is 2. The van der Waals surface area contributed by atoms with Gasteiger partial charge in [-0.3, -0.25) is 19.4 Å². The summed E-state index contributed by atoms with van der Waals surface area (Å²) in [5.74, 6) is -0.0286. The maximum atomic E-state index is 14.6. The van der Waals surface area contributed by atoms with E-state index < -0.39 is 0 Å². The van der Waals surface area contributed by atoms with Gasteiger partial charge in [-0.1, -0.05) is 198 Å². The third-order valence-corrected chi connectivity index (χ3v) is 13.4. The van der Waals surface area contributed by atoms with Gasteiger partial charge in [0.05, 0.1) is 23.2 Å². The van der Waals surface area contributed by atoms with Crippen LogP contribution in [0.5, 0.6) is 0 Å². The molecule has 0 aromatic heterocycles. The van der Waals surface area contributed by atoms with Gasteiger partial charge in [-0.2, -0.15) is 0 Å². The molecule has 0 saturated heterocycles. The fourth-order valence-corrected chi connectivity index (χ4v) is 9.72. The van der Waals surface area contributed by atoms with Crippen molar-refractivity contribution in [1.82, 2.24) is 0 Å². The number of carbonyl (C=O) groups is 2. The second kappa shape index (κ2) is 21.7. The van der Waals surface area contributed by atoms with E-state index in [-0.39, 0.29) is 23.7 Å². The van der Waals surface area contributed by atoms with Gasteiger partial charge in [0, 0.05) is 31.1 Å². The van der Waals surface area contributed by atoms with Gasteiger partial charge in [0.15, 0.2) is 0 Å². The van der Waals surface area contributed by atoms with Crippen molar-refractivity contribution >= 4 is 77.2 Å². The second-order valence-electron chi connectivity index (χ2n) is 16.4. The number of halogens is 2. The van der Waals surface area contributed by atoms with Crippen LogP contribution in [-0.4, -0.2) is 11.8 Å². The molecular weight excluding hydrogens is 820 g/mol. The number of rotatable bonds is 24. The molecule has 2 aliphatic heterocycles. The zero-order chi connectivity index (χ0) is 39.3. The molecule has 0 radical (unpaired) electrons. The van der Waals surface area contributed by atoms with Gasteiger partial charge in [-0.15, -0.1) is 0 Å². The quantitative estimate of drug-likeness (QED) is 0.0658. The monoisotopic (exact) mass is 882 g/mol. The first-order chi connectivity index (χ1) is 27.4. The molecule has 0 fully saturated rings. The van der Waals surface area contributed by atoms with E-state index in [1.807, 2.05) is 58.3 Å². The van der Waals surface area contributed by atoms with Crippen molar-refractivity contribution in [3.63, 3.8) is 0 Å². The Kier molecular flexibility index (Phi) is 16.5. The van der Waals surface area contributed by atoms with Crippen LogP contribution in [-0.2, 0) is 9.59 Å². The molecule has 0 aliphatic carbocycles. The van der Waals surface area contributed by atoms with Crippen molar-refractivity contribution in [3.05, 3.63) is 92.9 Å². The van der Waals surface area contributed by atoms with E-state index in [2.05, 4.69) is 70.0 Å². The van der Waals surface area contributed by atoms with Crippen LogP contribution in [0.2, 0.25) is 0 Å². The smallest absolute Gasteiger partial charge is 0.239 e. The lowest BCUT2D eigenvalue weighted by molar-refractivity contribution is -0.119. The number of anilines is 4. The van der Waals surface area contributed by atoms with Crippen molar-refractivity contribution < 1.29 is 9.59 Å². The molecule has 2 aliphatic rings. The Morgan fingerprint density at radius 2 is 0.714 bits per heavy atom. The SMILES string of the molecule is CCCCCCCCCCCCC1C(=O)N(c2ccc(Br)cc2)c2c1ccc1c3c(ccc21)C(CCCCCCCCCCCC)C(=O)N3c1ccc(Br)cc1. The van der Waals surface area contributed by atoms with Crippen molar-refractivity contribution in [2.75, 3.05) is 9.80 Å². The predicted octanol–water partition coefficient (Wildman–Crippen LogP) is 16.5. The second-order valence-corrected chi connectivity index (χ2v) is 18.3. The van der Waals surface area contributed by atoms with Gasteiger partial charge in [-0.25, -0.2) is 0 Å². The molecule has 6 heteroatoms. The summed E-state index contributed by atoms with van der Waals surface area (Å²) in [6.07, 6.45) is 27.3. The Morgan fingerprint density at radius 3 is 1.04 bits per heavy atom. The molecule has 2 heterocycles. The number of hydrogen-bond donors (Lipinski definition) is 0. The van der Waals surface area contributed by atoms with E-state index in [1.54, 1.807) is 0 Å². The first-order valence-corrected chi connectivity index (χ1v) is 23.8. The molecule has 2 unspecified atom stereocenters. The molecule has 2 amide bonds. The van der Waals surface area contributed by atoms with Gasteiger partial charge >= 0.3 is 0 Å². The third-order valence-electron chi connectivity index (χ3n) is 12.3. The van der Waals surface area contributed by atoms with Crippen LogP contribution >= 0.6 is 31.9 Å². The first-order valence-electron chi connectivity index (χ1n) is 22.2. The van der Waals surface area contributed by atoms with E-state index in [0.29, 0.717) is 0 Å². The Balaban J connectivity index is 1.25.